The molecule has 0 aliphatic heterocycles. The van der Waals surface area contributed by atoms with Crippen LogP contribution in [0.2, 0.25) is 19.6 Å². The van der Waals surface area contributed by atoms with Crippen molar-refractivity contribution in [2.24, 2.45) is 0 Å². The number of hydrogen-bond donors (Lipinski definition) is 0. The molecule has 2 aromatic heterocycles. The van der Waals surface area contributed by atoms with Gasteiger partial charge in [-0.2, -0.15) is 0 Å². The monoisotopic (exact) mass is 803 g/mol. The first-order valence-corrected chi connectivity index (χ1v) is 26.2. The van der Waals surface area contributed by atoms with Crippen LogP contribution in [0.4, 0.5) is 0 Å². The number of hydrogen-bond acceptors (Lipinski definition) is 2. The number of fused-ring (bicyclic) bond motifs is 3. The second kappa shape index (κ2) is 15.3. The lowest BCUT2D eigenvalue weighted by atomic mass is 10.0. The second-order valence-electron chi connectivity index (χ2n) is 16.6. The Morgan fingerprint density at radius 1 is 0.350 bits per heavy atom. The molecule has 8 aromatic carbocycles. The zero-order valence-electron chi connectivity index (χ0n) is 34.1. The quantitative estimate of drug-likeness (QED) is 0.108. The summed E-state index contributed by atoms with van der Waals surface area (Å²) in [6, 6.07) is 79.6. The predicted octanol–water partition coefficient (Wildman–Crippen LogP) is 10.5. The Morgan fingerprint density at radius 2 is 0.783 bits per heavy atom. The minimum absolute atomic E-state index is 0.710. The van der Waals surface area contributed by atoms with Gasteiger partial charge in [0, 0.05) is 33.2 Å². The Bertz CT molecular complexity index is 2990. The number of para-hydroxylation sites is 2. The largest absolute Gasteiger partial charge is 0.309 e. The SMILES string of the molecule is C[Si](C)(C)c1ccc(-c2cc(-c3ccc4c(c3)c3ccccc3n4-c3ccccc3)nc(-c3ccc([Si](c4ccccc4)(c4ccccc4)c4ccccc4)cc3)n2)cc1. The summed E-state index contributed by atoms with van der Waals surface area (Å²) in [7, 11) is -4.16. The molecule has 3 nitrogen and oxygen atoms in total. The van der Waals surface area contributed by atoms with Gasteiger partial charge >= 0.3 is 0 Å². The summed E-state index contributed by atoms with van der Waals surface area (Å²) in [5.74, 6) is 0.710. The van der Waals surface area contributed by atoms with Crippen molar-refractivity contribution in [2.45, 2.75) is 19.6 Å². The van der Waals surface area contributed by atoms with E-state index in [1.165, 1.54) is 47.7 Å². The van der Waals surface area contributed by atoms with Crippen molar-refractivity contribution in [3.8, 4) is 39.6 Å². The summed E-state index contributed by atoms with van der Waals surface area (Å²) in [5, 5.41) is 9.20. The molecule has 0 spiro atoms. The van der Waals surface area contributed by atoms with Crippen molar-refractivity contribution in [2.75, 3.05) is 0 Å². The highest BCUT2D eigenvalue weighted by Crippen LogP contribution is 2.36. The van der Waals surface area contributed by atoms with E-state index in [2.05, 4.69) is 243 Å². The molecule has 2 heterocycles. The van der Waals surface area contributed by atoms with Crippen molar-refractivity contribution in [3.63, 3.8) is 0 Å². The predicted molar refractivity (Wildman–Crippen MR) is 259 cm³/mol. The first-order chi connectivity index (χ1) is 29.4. The number of rotatable bonds is 9. The van der Waals surface area contributed by atoms with Gasteiger partial charge in [0.25, 0.3) is 0 Å². The van der Waals surface area contributed by atoms with Gasteiger partial charge in [-0.15, -0.1) is 0 Å². The number of aromatic nitrogens is 3. The number of benzene rings is 8. The molecule has 60 heavy (non-hydrogen) atoms. The van der Waals surface area contributed by atoms with Crippen LogP contribution in [-0.4, -0.2) is 30.7 Å². The Labute approximate surface area is 354 Å². The van der Waals surface area contributed by atoms with Crippen molar-refractivity contribution in [3.05, 3.63) is 218 Å². The van der Waals surface area contributed by atoms with Gasteiger partial charge in [-0.05, 0) is 57.1 Å². The van der Waals surface area contributed by atoms with E-state index in [0.29, 0.717) is 5.82 Å². The fourth-order valence-corrected chi connectivity index (χ4v) is 14.8. The summed E-state index contributed by atoms with van der Waals surface area (Å²) in [6.07, 6.45) is 0. The molecule has 5 heteroatoms. The Balaban J connectivity index is 1.15. The lowest BCUT2D eigenvalue weighted by Gasteiger charge is -2.34. The molecule has 0 amide bonds. The highest BCUT2D eigenvalue weighted by Gasteiger charge is 2.41. The van der Waals surface area contributed by atoms with E-state index in [4.69, 9.17) is 9.97 Å². The minimum Gasteiger partial charge on any atom is -0.309 e. The molecule has 288 valence electrons. The zero-order chi connectivity index (χ0) is 40.7. The van der Waals surface area contributed by atoms with Gasteiger partial charge in [-0.25, -0.2) is 9.97 Å². The highest BCUT2D eigenvalue weighted by atomic mass is 28.3. The van der Waals surface area contributed by atoms with Crippen molar-refractivity contribution < 1.29 is 0 Å². The van der Waals surface area contributed by atoms with Crippen LogP contribution in [0.5, 0.6) is 0 Å². The molecule has 0 bridgehead atoms. The van der Waals surface area contributed by atoms with Crippen LogP contribution in [0.15, 0.2) is 218 Å². The normalized spacial score (nSPS) is 11.9. The van der Waals surface area contributed by atoms with Gasteiger partial charge in [-0.3, -0.25) is 0 Å². The van der Waals surface area contributed by atoms with E-state index < -0.39 is 16.1 Å². The Morgan fingerprint density at radius 3 is 1.35 bits per heavy atom. The smallest absolute Gasteiger partial charge is 0.179 e. The van der Waals surface area contributed by atoms with Crippen molar-refractivity contribution in [1.29, 1.82) is 0 Å². The molecule has 0 atom stereocenters. The average Bonchev–Trinajstić information content (AvgIpc) is 3.64. The third-order valence-corrected chi connectivity index (χ3v) is 18.8. The van der Waals surface area contributed by atoms with Crippen LogP contribution in [0.1, 0.15) is 0 Å². The summed E-state index contributed by atoms with van der Waals surface area (Å²) in [5.41, 5.74) is 8.44. The molecule has 0 aliphatic carbocycles. The van der Waals surface area contributed by atoms with Crippen LogP contribution < -0.4 is 25.9 Å². The first-order valence-electron chi connectivity index (χ1n) is 20.7. The molecule has 0 fully saturated rings. The number of nitrogens with zero attached hydrogens (tertiary/aromatic N) is 3. The summed E-state index contributed by atoms with van der Waals surface area (Å²) in [4.78, 5) is 10.7. The third kappa shape index (κ3) is 6.62. The summed E-state index contributed by atoms with van der Waals surface area (Å²) < 4.78 is 2.36. The molecule has 0 saturated carbocycles. The third-order valence-electron chi connectivity index (χ3n) is 12.0. The lowest BCUT2D eigenvalue weighted by Crippen LogP contribution is -2.74. The molecular weight excluding hydrogens is 759 g/mol. The fourth-order valence-electron chi connectivity index (χ4n) is 8.93. The molecule has 0 unspecified atom stereocenters. The van der Waals surface area contributed by atoms with E-state index in [9.17, 15) is 0 Å². The maximum Gasteiger partial charge on any atom is 0.179 e. The van der Waals surface area contributed by atoms with E-state index in [1.807, 2.05) is 0 Å². The highest BCUT2D eigenvalue weighted by molar-refractivity contribution is 7.19. The van der Waals surface area contributed by atoms with E-state index >= 15 is 0 Å². The molecule has 10 aromatic rings. The Kier molecular flexibility index (Phi) is 9.55. The van der Waals surface area contributed by atoms with Crippen LogP contribution in [0.25, 0.3) is 61.4 Å². The molecule has 0 radical (unpaired) electrons. The van der Waals surface area contributed by atoms with E-state index in [1.54, 1.807) is 0 Å². The van der Waals surface area contributed by atoms with Gasteiger partial charge in [0.2, 0.25) is 0 Å². The summed E-state index contributed by atoms with van der Waals surface area (Å²) in [6.45, 7) is 7.17. The lowest BCUT2D eigenvalue weighted by molar-refractivity contribution is 1.18. The second-order valence-corrected chi connectivity index (χ2v) is 25.5. The van der Waals surface area contributed by atoms with Crippen LogP contribution >= 0.6 is 0 Å². The van der Waals surface area contributed by atoms with Crippen LogP contribution in [-0.2, 0) is 0 Å². The molecular formula is C55H45N3Si2. The van der Waals surface area contributed by atoms with Gasteiger partial charge in [0.1, 0.15) is 0 Å². The fraction of sp³-hybridized carbons (Fsp3) is 0.0545. The topological polar surface area (TPSA) is 30.7 Å². The van der Waals surface area contributed by atoms with Gasteiger partial charge < -0.3 is 4.57 Å². The van der Waals surface area contributed by atoms with E-state index in [0.717, 1.165) is 33.8 Å². The molecule has 0 saturated heterocycles. The van der Waals surface area contributed by atoms with Crippen LogP contribution in [0.3, 0.4) is 0 Å². The van der Waals surface area contributed by atoms with Gasteiger partial charge in [-0.1, -0.05) is 207 Å². The van der Waals surface area contributed by atoms with Gasteiger partial charge in [0.05, 0.1) is 30.5 Å². The average molecular weight is 804 g/mol. The maximum absolute atomic E-state index is 5.37. The maximum atomic E-state index is 5.37. The van der Waals surface area contributed by atoms with Crippen molar-refractivity contribution >= 4 is 63.9 Å². The molecule has 0 aliphatic rings. The summed E-state index contributed by atoms with van der Waals surface area (Å²) >= 11 is 0. The first kappa shape index (κ1) is 37.4. The molecule has 10 rings (SSSR count). The molecule has 0 N–H and O–H groups in total. The minimum atomic E-state index is -2.68. The van der Waals surface area contributed by atoms with E-state index in [-0.39, 0.29) is 0 Å². The van der Waals surface area contributed by atoms with Crippen molar-refractivity contribution in [1.82, 2.24) is 14.5 Å². The van der Waals surface area contributed by atoms with Gasteiger partial charge in [0.15, 0.2) is 13.9 Å². The standard InChI is InChI=1S/C55H45N3Si2/c1-59(2,3)44-33-28-40(29-34-44)51-39-52(42-32-37-54-50(38-42)49-26-16-17-27-53(49)58(54)43-18-8-4-9-19-43)57-55(56-51)41-30-35-48(36-31-41)60(45-20-10-5-11-21-45,46-22-12-6-13-23-46)47-24-14-7-15-25-47/h4-39H,1-3H3. The Hall–Kier alpha value is -6.93. The van der Waals surface area contributed by atoms with Crippen LogP contribution in [0, 0.1) is 0 Å². The zero-order valence-corrected chi connectivity index (χ0v) is 36.1.